The summed E-state index contributed by atoms with van der Waals surface area (Å²) >= 11 is 0. The van der Waals surface area contributed by atoms with Crippen LogP contribution in [-0.4, -0.2) is 47.2 Å². The van der Waals surface area contributed by atoms with Crippen LogP contribution in [-0.2, 0) is 9.53 Å². The third-order valence-corrected chi connectivity index (χ3v) is 3.66. The molecule has 6 heteroatoms. The smallest absolute Gasteiger partial charge is 0.329 e. The number of carbonyl (C=O) groups excluding carboxylic acids is 1. The summed E-state index contributed by atoms with van der Waals surface area (Å²) in [5, 5.41) is 8.61. The Hall–Kier alpha value is -1.82. The van der Waals surface area contributed by atoms with Crippen LogP contribution in [0.25, 0.3) is 0 Å². The lowest BCUT2D eigenvalue weighted by atomic mass is 9.94. The van der Waals surface area contributed by atoms with E-state index < -0.39 is 11.6 Å². The van der Waals surface area contributed by atoms with Gasteiger partial charge in [-0.05, 0) is 27.7 Å². The molecule has 1 N–H and O–H groups in total. The third-order valence-electron chi connectivity index (χ3n) is 3.66. The third kappa shape index (κ3) is 2.56. The summed E-state index contributed by atoms with van der Waals surface area (Å²) < 4.78 is 10.8. The monoisotopic (exact) mass is 281 g/mol. The van der Waals surface area contributed by atoms with Crippen LogP contribution < -0.4 is 0 Å². The fourth-order valence-electron chi connectivity index (χ4n) is 2.50. The number of aliphatic carboxylic acids is 1. The Morgan fingerprint density at radius 2 is 1.90 bits per heavy atom. The van der Waals surface area contributed by atoms with Crippen LogP contribution in [0.5, 0.6) is 0 Å². The first-order chi connectivity index (χ1) is 9.23. The molecule has 1 aromatic heterocycles. The van der Waals surface area contributed by atoms with Gasteiger partial charge in [0, 0.05) is 5.56 Å². The van der Waals surface area contributed by atoms with Crippen LogP contribution in [0, 0.1) is 20.8 Å². The van der Waals surface area contributed by atoms with Gasteiger partial charge in [-0.2, -0.15) is 0 Å². The minimum Gasteiger partial charge on any atom is -0.480 e. The quantitative estimate of drug-likeness (QED) is 0.905. The van der Waals surface area contributed by atoms with Crippen molar-refractivity contribution in [3.8, 4) is 0 Å². The van der Waals surface area contributed by atoms with Gasteiger partial charge in [0.25, 0.3) is 5.91 Å². The second-order valence-electron chi connectivity index (χ2n) is 5.51. The Morgan fingerprint density at radius 3 is 2.35 bits per heavy atom. The second kappa shape index (κ2) is 4.94. The van der Waals surface area contributed by atoms with E-state index in [1.165, 1.54) is 0 Å². The number of aryl methyl sites for hydroxylation is 2. The molecular formula is C14H19NO5. The average molecular weight is 281 g/mol. The standard InChI is InChI=1S/C14H19NO5/c1-8-9(2)20-10(3)12(8)13(18)15-6-14(4,7-15)19-5-11(16)17/h5-7H2,1-4H3,(H,16,17). The predicted molar refractivity (Wildman–Crippen MR) is 70.8 cm³/mol. The van der Waals surface area contributed by atoms with E-state index in [0.29, 0.717) is 24.4 Å². The molecular weight excluding hydrogens is 262 g/mol. The normalized spacial score (nSPS) is 16.9. The summed E-state index contributed by atoms with van der Waals surface area (Å²) in [6.45, 7) is 7.70. The Kier molecular flexibility index (Phi) is 3.60. The lowest BCUT2D eigenvalue weighted by molar-refractivity contribution is -0.159. The molecule has 20 heavy (non-hydrogen) atoms. The first-order valence-corrected chi connectivity index (χ1v) is 6.45. The highest BCUT2D eigenvalue weighted by molar-refractivity contribution is 5.97. The minimum absolute atomic E-state index is 0.0896. The van der Waals surface area contributed by atoms with Crippen LogP contribution in [0.2, 0.25) is 0 Å². The minimum atomic E-state index is -1.01. The first-order valence-electron chi connectivity index (χ1n) is 6.45. The van der Waals surface area contributed by atoms with Gasteiger partial charge >= 0.3 is 5.97 Å². The summed E-state index contributed by atoms with van der Waals surface area (Å²) in [6, 6.07) is 0. The molecule has 0 radical (unpaired) electrons. The Balaban J connectivity index is 2.02. The molecule has 0 aliphatic carbocycles. The number of rotatable bonds is 4. The van der Waals surface area contributed by atoms with Crippen LogP contribution in [0.3, 0.4) is 0 Å². The van der Waals surface area contributed by atoms with E-state index in [2.05, 4.69) is 0 Å². The summed E-state index contributed by atoms with van der Waals surface area (Å²) in [7, 11) is 0. The van der Waals surface area contributed by atoms with Gasteiger partial charge in [-0.3, -0.25) is 4.79 Å². The van der Waals surface area contributed by atoms with Crippen LogP contribution >= 0.6 is 0 Å². The van der Waals surface area contributed by atoms with Crippen molar-refractivity contribution in [2.75, 3.05) is 19.7 Å². The van der Waals surface area contributed by atoms with Crippen molar-refractivity contribution in [2.45, 2.75) is 33.3 Å². The maximum absolute atomic E-state index is 12.4. The van der Waals surface area contributed by atoms with Crippen LogP contribution in [0.15, 0.2) is 4.42 Å². The van der Waals surface area contributed by atoms with Gasteiger partial charge in [0.2, 0.25) is 0 Å². The number of hydrogen-bond donors (Lipinski definition) is 1. The number of likely N-dealkylation sites (tertiary alicyclic amines) is 1. The number of nitrogens with zero attached hydrogens (tertiary/aromatic N) is 1. The van der Waals surface area contributed by atoms with Gasteiger partial charge in [0.1, 0.15) is 23.7 Å². The summed E-state index contributed by atoms with van der Waals surface area (Å²) in [6.07, 6.45) is 0. The maximum Gasteiger partial charge on any atom is 0.329 e. The van der Waals surface area contributed by atoms with Gasteiger partial charge < -0.3 is 19.2 Å². The molecule has 2 rings (SSSR count). The van der Waals surface area contributed by atoms with Crippen molar-refractivity contribution in [1.29, 1.82) is 0 Å². The molecule has 2 heterocycles. The molecule has 1 aromatic rings. The highest BCUT2D eigenvalue weighted by atomic mass is 16.5. The molecule has 0 unspecified atom stereocenters. The van der Waals surface area contributed by atoms with Crippen molar-refractivity contribution >= 4 is 11.9 Å². The van der Waals surface area contributed by atoms with Crippen LogP contribution in [0.4, 0.5) is 0 Å². The molecule has 0 aromatic carbocycles. The predicted octanol–water partition coefficient (Wildman–Crippen LogP) is 1.52. The molecule has 1 aliphatic rings. The molecule has 1 aliphatic heterocycles. The lowest BCUT2D eigenvalue weighted by Gasteiger charge is -2.47. The number of ether oxygens (including phenoxy) is 1. The number of carboxylic acids is 1. The zero-order valence-electron chi connectivity index (χ0n) is 12.1. The van der Waals surface area contributed by atoms with E-state index >= 15 is 0 Å². The van der Waals surface area contributed by atoms with Gasteiger partial charge in [0.15, 0.2) is 0 Å². The van der Waals surface area contributed by atoms with Gasteiger partial charge in [-0.25, -0.2) is 4.79 Å². The van der Waals surface area contributed by atoms with E-state index in [4.69, 9.17) is 14.3 Å². The fraction of sp³-hybridized carbons (Fsp3) is 0.571. The van der Waals surface area contributed by atoms with E-state index in [9.17, 15) is 9.59 Å². The highest BCUT2D eigenvalue weighted by Gasteiger charge is 2.43. The summed E-state index contributed by atoms with van der Waals surface area (Å²) in [4.78, 5) is 24.5. The SMILES string of the molecule is Cc1oc(C)c(C(=O)N2CC(C)(OCC(=O)O)C2)c1C. The Morgan fingerprint density at radius 1 is 1.30 bits per heavy atom. The Bertz CT molecular complexity index is 554. The lowest BCUT2D eigenvalue weighted by Crippen LogP contribution is -2.63. The number of furan rings is 1. The van der Waals surface area contributed by atoms with E-state index in [-0.39, 0.29) is 12.5 Å². The van der Waals surface area contributed by atoms with Crippen molar-refractivity contribution in [3.05, 3.63) is 22.6 Å². The van der Waals surface area contributed by atoms with Gasteiger partial charge in [-0.15, -0.1) is 0 Å². The fourth-order valence-corrected chi connectivity index (χ4v) is 2.50. The van der Waals surface area contributed by atoms with E-state index in [1.54, 1.807) is 18.7 Å². The molecule has 1 saturated heterocycles. The number of amides is 1. The van der Waals surface area contributed by atoms with Crippen LogP contribution in [0.1, 0.15) is 34.4 Å². The zero-order valence-corrected chi connectivity index (χ0v) is 12.1. The molecule has 0 bridgehead atoms. The van der Waals surface area contributed by atoms with Gasteiger partial charge in [-0.1, -0.05) is 0 Å². The van der Waals surface area contributed by atoms with E-state index in [0.717, 1.165) is 11.3 Å². The number of carbonyl (C=O) groups is 2. The number of hydrogen-bond acceptors (Lipinski definition) is 4. The van der Waals surface area contributed by atoms with Gasteiger partial charge in [0.05, 0.1) is 18.7 Å². The number of carboxylic acid groups (broad SMARTS) is 1. The Labute approximate surface area is 117 Å². The van der Waals surface area contributed by atoms with E-state index in [1.807, 2.05) is 13.8 Å². The molecule has 110 valence electrons. The van der Waals surface area contributed by atoms with Crippen molar-refractivity contribution in [1.82, 2.24) is 4.90 Å². The van der Waals surface area contributed by atoms with Crippen molar-refractivity contribution in [2.24, 2.45) is 0 Å². The average Bonchev–Trinajstić information content (AvgIpc) is 2.56. The second-order valence-corrected chi connectivity index (χ2v) is 5.51. The van der Waals surface area contributed by atoms with Crippen molar-refractivity contribution in [3.63, 3.8) is 0 Å². The highest BCUT2D eigenvalue weighted by Crippen LogP contribution is 2.29. The molecule has 0 spiro atoms. The summed E-state index contributed by atoms with van der Waals surface area (Å²) in [5.41, 5.74) is 0.879. The molecule has 1 fully saturated rings. The summed E-state index contributed by atoms with van der Waals surface area (Å²) in [5.74, 6) is 0.266. The first kappa shape index (κ1) is 14.6. The molecule has 0 atom stereocenters. The molecule has 1 amide bonds. The van der Waals surface area contributed by atoms with Crippen molar-refractivity contribution < 1.29 is 23.8 Å². The maximum atomic E-state index is 12.4. The molecule has 6 nitrogen and oxygen atoms in total. The molecule has 0 saturated carbocycles. The zero-order chi connectivity index (χ0) is 15.1. The largest absolute Gasteiger partial charge is 0.480 e. The topological polar surface area (TPSA) is 80.0 Å².